The Bertz CT molecular complexity index is 354. The van der Waals surface area contributed by atoms with Crippen molar-refractivity contribution >= 4 is 11.8 Å². The first kappa shape index (κ1) is 12.9. The van der Waals surface area contributed by atoms with Crippen LogP contribution in [0.3, 0.4) is 0 Å². The fraction of sp³-hybridized carbons (Fsp3) is 0.571. The Balaban J connectivity index is 2.06. The molecule has 1 aromatic carbocycles. The Morgan fingerprint density at radius 1 is 1.06 bits per heavy atom. The Kier molecular flexibility index (Phi) is 4.13. The monoisotopic (exact) mass is 252 g/mol. The number of ether oxygens (including phenoxy) is 1. The molecule has 0 aliphatic carbocycles. The number of rotatable bonds is 2. The summed E-state index contributed by atoms with van der Waals surface area (Å²) in [7, 11) is 0. The van der Waals surface area contributed by atoms with E-state index in [0.717, 1.165) is 4.90 Å². The maximum Gasteiger partial charge on any atom is 0.134 e. The number of aliphatic hydroxyl groups is 1. The summed E-state index contributed by atoms with van der Waals surface area (Å²) in [6.45, 7) is 6.33. The first-order valence-electron chi connectivity index (χ1n) is 6.15. The van der Waals surface area contributed by atoms with Gasteiger partial charge in [-0.2, -0.15) is 0 Å². The van der Waals surface area contributed by atoms with Gasteiger partial charge in [0.25, 0.3) is 0 Å². The van der Waals surface area contributed by atoms with Gasteiger partial charge in [-0.05, 0) is 30.9 Å². The molecule has 0 bridgehead atoms. The Labute approximate surface area is 107 Å². The van der Waals surface area contributed by atoms with E-state index in [-0.39, 0.29) is 17.5 Å². The lowest BCUT2D eigenvalue weighted by molar-refractivity contribution is -0.125. The van der Waals surface area contributed by atoms with Gasteiger partial charge in [0.2, 0.25) is 0 Å². The summed E-state index contributed by atoms with van der Waals surface area (Å²) in [4.78, 5) is 1.14. The summed E-state index contributed by atoms with van der Waals surface area (Å²) < 4.78 is 5.90. The van der Waals surface area contributed by atoms with Gasteiger partial charge < -0.3 is 9.84 Å². The van der Waals surface area contributed by atoms with Crippen molar-refractivity contribution in [2.75, 3.05) is 0 Å². The highest BCUT2D eigenvalue weighted by Crippen LogP contribution is 2.37. The third-order valence-electron chi connectivity index (χ3n) is 3.73. The molecule has 0 aromatic heterocycles. The van der Waals surface area contributed by atoms with Crippen LogP contribution in [0.5, 0.6) is 0 Å². The predicted molar refractivity (Wildman–Crippen MR) is 71.0 cm³/mol. The minimum absolute atomic E-state index is 0.154. The van der Waals surface area contributed by atoms with Crippen molar-refractivity contribution in [1.29, 1.82) is 0 Å². The zero-order valence-electron chi connectivity index (χ0n) is 10.5. The highest BCUT2D eigenvalue weighted by atomic mass is 32.2. The maximum absolute atomic E-state index is 10.2. The third-order valence-corrected chi connectivity index (χ3v) is 4.90. The summed E-state index contributed by atoms with van der Waals surface area (Å²) in [5.41, 5.74) is -0.154. The van der Waals surface area contributed by atoms with Gasteiger partial charge in [0.05, 0.1) is 12.2 Å². The molecule has 2 nitrogen and oxygen atoms in total. The van der Waals surface area contributed by atoms with Gasteiger partial charge in [-0.3, -0.25) is 0 Å². The molecule has 1 aliphatic heterocycles. The standard InChI is InChI=1S/C14H20O2S/c1-9-10(2)13(15)14(16-11(9)3)17-12-7-5-4-6-8-12/h4-11,13-15H,1-3H3/t9-,10-,11+,13-,14+/m1/s1. The molecule has 1 fully saturated rings. The Morgan fingerprint density at radius 3 is 2.35 bits per heavy atom. The topological polar surface area (TPSA) is 29.5 Å². The molecule has 3 heteroatoms. The molecule has 1 aromatic rings. The quantitative estimate of drug-likeness (QED) is 0.876. The van der Waals surface area contributed by atoms with E-state index in [9.17, 15) is 5.11 Å². The second-order valence-corrected chi connectivity index (χ2v) is 6.02. The van der Waals surface area contributed by atoms with Gasteiger partial charge >= 0.3 is 0 Å². The van der Waals surface area contributed by atoms with Crippen molar-refractivity contribution in [1.82, 2.24) is 0 Å². The molecule has 0 saturated carbocycles. The fourth-order valence-corrected chi connectivity index (χ4v) is 3.33. The van der Waals surface area contributed by atoms with Crippen molar-refractivity contribution in [2.24, 2.45) is 11.8 Å². The number of hydrogen-bond acceptors (Lipinski definition) is 3. The highest BCUT2D eigenvalue weighted by molar-refractivity contribution is 7.99. The SMILES string of the molecule is C[C@@H]1[C@@H](C)[C@H](C)O[C@@H](Sc2ccccc2)[C@@H]1O. The molecule has 0 spiro atoms. The van der Waals surface area contributed by atoms with Crippen LogP contribution in [0.2, 0.25) is 0 Å². The van der Waals surface area contributed by atoms with Crippen LogP contribution >= 0.6 is 11.8 Å². The molecule has 1 aliphatic rings. The predicted octanol–water partition coefficient (Wildman–Crippen LogP) is 3.16. The fourth-order valence-electron chi connectivity index (χ4n) is 2.13. The zero-order valence-corrected chi connectivity index (χ0v) is 11.4. The number of thioether (sulfide) groups is 1. The second-order valence-electron chi connectivity index (χ2n) is 4.85. The minimum atomic E-state index is -0.397. The van der Waals surface area contributed by atoms with E-state index in [0.29, 0.717) is 5.92 Å². The van der Waals surface area contributed by atoms with Gasteiger partial charge in [0, 0.05) is 4.90 Å². The van der Waals surface area contributed by atoms with Gasteiger partial charge in [-0.1, -0.05) is 43.8 Å². The molecular formula is C14H20O2S. The highest BCUT2D eigenvalue weighted by Gasteiger charge is 2.38. The van der Waals surface area contributed by atoms with E-state index < -0.39 is 6.10 Å². The van der Waals surface area contributed by atoms with Crippen LogP contribution < -0.4 is 0 Å². The molecule has 1 saturated heterocycles. The summed E-state index contributed by atoms with van der Waals surface area (Å²) >= 11 is 1.61. The van der Waals surface area contributed by atoms with E-state index in [1.165, 1.54) is 0 Å². The van der Waals surface area contributed by atoms with E-state index in [2.05, 4.69) is 20.8 Å². The summed E-state index contributed by atoms with van der Waals surface area (Å²) in [5, 5.41) is 10.2. The van der Waals surface area contributed by atoms with Crippen molar-refractivity contribution < 1.29 is 9.84 Å². The van der Waals surface area contributed by atoms with Crippen molar-refractivity contribution in [3.8, 4) is 0 Å². The smallest absolute Gasteiger partial charge is 0.134 e. The number of aliphatic hydroxyl groups excluding tert-OH is 1. The van der Waals surface area contributed by atoms with Gasteiger partial charge in [0.15, 0.2) is 0 Å². The Morgan fingerprint density at radius 2 is 1.71 bits per heavy atom. The molecule has 94 valence electrons. The second kappa shape index (κ2) is 5.42. The number of benzene rings is 1. The molecular weight excluding hydrogens is 232 g/mol. The van der Waals surface area contributed by atoms with Gasteiger partial charge in [0.1, 0.15) is 5.44 Å². The van der Waals surface area contributed by atoms with Crippen LogP contribution in [0.4, 0.5) is 0 Å². The third kappa shape index (κ3) is 2.84. The van der Waals surface area contributed by atoms with Crippen LogP contribution in [-0.2, 0) is 4.74 Å². The molecule has 5 atom stereocenters. The molecule has 2 rings (SSSR count). The normalized spacial score (nSPS) is 38.0. The lowest BCUT2D eigenvalue weighted by Crippen LogP contribution is -2.46. The van der Waals surface area contributed by atoms with Gasteiger partial charge in [-0.25, -0.2) is 0 Å². The van der Waals surface area contributed by atoms with Gasteiger partial charge in [-0.15, -0.1) is 0 Å². The van der Waals surface area contributed by atoms with Crippen LogP contribution in [0, 0.1) is 11.8 Å². The minimum Gasteiger partial charge on any atom is -0.389 e. The largest absolute Gasteiger partial charge is 0.389 e. The lowest BCUT2D eigenvalue weighted by Gasteiger charge is -2.41. The maximum atomic E-state index is 10.2. The lowest BCUT2D eigenvalue weighted by atomic mass is 9.85. The van der Waals surface area contributed by atoms with E-state index in [1.54, 1.807) is 11.8 Å². The number of hydrogen-bond donors (Lipinski definition) is 1. The first-order chi connectivity index (χ1) is 8.09. The van der Waals surface area contributed by atoms with Crippen molar-refractivity contribution in [3.05, 3.63) is 30.3 Å². The molecule has 1 heterocycles. The van der Waals surface area contributed by atoms with Crippen molar-refractivity contribution in [3.63, 3.8) is 0 Å². The molecule has 0 unspecified atom stereocenters. The molecule has 0 radical (unpaired) electrons. The molecule has 17 heavy (non-hydrogen) atoms. The molecule has 0 amide bonds. The summed E-state index contributed by atoms with van der Waals surface area (Å²) in [5.74, 6) is 0.678. The average molecular weight is 252 g/mol. The van der Waals surface area contributed by atoms with E-state index >= 15 is 0 Å². The average Bonchev–Trinajstić information content (AvgIpc) is 2.35. The summed E-state index contributed by atoms with van der Waals surface area (Å²) in [6.07, 6.45) is -0.194. The van der Waals surface area contributed by atoms with Crippen LogP contribution in [0.25, 0.3) is 0 Å². The first-order valence-corrected chi connectivity index (χ1v) is 7.03. The summed E-state index contributed by atoms with van der Waals surface area (Å²) in [6, 6.07) is 10.1. The molecule has 1 N–H and O–H groups in total. The van der Waals surface area contributed by atoms with Crippen LogP contribution in [0.15, 0.2) is 35.2 Å². The van der Waals surface area contributed by atoms with E-state index in [1.807, 2.05) is 30.3 Å². The van der Waals surface area contributed by atoms with Crippen LogP contribution in [0.1, 0.15) is 20.8 Å². The van der Waals surface area contributed by atoms with Crippen molar-refractivity contribution in [2.45, 2.75) is 43.3 Å². The van der Waals surface area contributed by atoms with E-state index in [4.69, 9.17) is 4.74 Å². The Hall–Kier alpha value is -0.510. The van der Waals surface area contributed by atoms with Crippen LogP contribution in [-0.4, -0.2) is 22.8 Å². The zero-order chi connectivity index (χ0) is 12.4.